The average molecular weight is 385 g/mol. The molecule has 0 saturated carbocycles. The zero-order chi connectivity index (χ0) is 17.4. The second-order valence-electron chi connectivity index (χ2n) is 4.70. The lowest BCUT2D eigenvalue weighted by Gasteiger charge is -2.04. The van der Waals surface area contributed by atoms with E-state index < -0.39 is 0 Å². The Balaban J connectivity index is 1.75. The molecule has 0 bridgehead atoms. The average Bonchev–Trinajstić information content (AvgIpc) is 2.96. The van der Waals surface area contributed by atoms with Crippen molar-refractivity contribution in [3.8, 4) is 0 Å². The zero-order valence-corrected chi connectivity index (χ0v) is 15.5. The van der Waals surface area contributed by atoms with Crippen molar-refractivity contribution in [1.29, 1.82) is 0 Å². The highest BCUT2D eigenvalue weighted by atomic mass is 35.5. The minimum atomic E-state index is -0.322. The number of thiazole rings is 1. The first-order valence-corrected chi connectivity index (χ1v) is 9.60. The molecule has 2 aromatic rings. The van der Waals surface area contributed by atoms with Gasteiger partial charge in [0.25, 0.3) is 0 Å². The van der Waals surface area contributed by atoms with Crippen LogP contribution in [0.15, 0.2) is 34.5 Å². The van der Waals surface area contributed by atoms with Crippen molar-refractivity contribution in [1.82, 2.24) is 4.98 Å². The van der Waals surface area contributed by atoms with Gasteiger partial charge in [-0.3, -0.25) is 9.59 Å². The Morgan fingerprint density at radius 1 is 1.38 bits per heavy atom. The Bertz CT molecular complexity index is 706. The topological polar surface area (TPSA) is 68.3 Å². The summed E-state index contributed by atoms with van der Waals surface area (Å²) in [5.74, 6) is 0.180. The van der Waals surface area contributed by atoms with Crippen LogP contribution in [0.3, 0.4) is 0 Å². The van der Waals surface area contributed by atoms with Gasteiger partial charge in [0.05, 0.1) is 23.7 Å². The molecule has 0 spiro atoms. The van der Waals surface area contributed by atoms with Crippen LogP contribution in [-0.4, -0.2) is 29.2 Å². The lowest BCUT2D eigenvalue weighted by molar-refractivity contribution is -0.142. The van der Waals surface area contributed by atoms with E-state index in [1.54, 1.807) is 12.3 Å². The number of halogens is 1. The molecule has 5 nitrogen and oxygen atoms in total. The van der Waals surface area contributed by atoms with Gasteiger partial charge in [-0.1, -0.05) is 23.7 Å². The third-order valence-corrected chi connectivity index (χ3v) is 5.18. The normalized spacial score (nSPS) is 10.4. The van der Waals surface area contributed by atoms with Gasteiger partial charge in [0.15, 0.2) is 5.13 Å². The molecule has 2 rings (SSSR count). The van der Waals surface area contributed by atoms with E-state index in [-0.39, 0.29) is 18.3 Å². The number of nitrogens with one attached hydrogen (secondary N) is 1. The number of thioether (sulfide) groups is 1. The van der Waals surface area contributed by atoms with Crippen molar-refractivity contribution in [3.05, 3.63) is 40.4 Å². The number of nitrogens with zero attached hydrogens (tertiary/aromatic N) is 1. The van der Waals surface area contributed by atoms with Gasteiger partial charge in [0.2, 0.25) is 5.91 Å². The van der Waals surface area contributed by atoms with Crippen LogP contribution < -0.4 is 5.32 Å². The SMILES string of the molecule is CCOC(=O)Cc1csc(NC(=O)CCSc2ccccc2Cl)n1. The molecule has 1 amide bonds. The summed E-state index contributed by atoms with van der Waals surface area (Å²) in [6, 6.07) is 7.53. The maximum atomic E-state index is 11.9. The standard InChI is InChI=1S/C16H17ClN2O3S2/c1-2-22-15(21)9-11-10-24-16(18-11)19-14(20)7-8-23-13-6-4-3-5-12(13)17/h3-6,10H,2,7-9H2,1H3,(H,18,19,20). The van der Waals surface area contributed by atoms with Gasteiger partial charge >= 0.3 is 5.97 Å². The highest BCUT2D eigenvalue weighted by Crippen LogP contribution is 2.27. The van der Waals surface area contributed by atoms with Crippen LogP contribution in [0.25, 0.3) is 0 Å². The molecule has 0 saturated heterocycles. The minimum Gasteiger partial charge on any atom is -0.466 e. The van der Waals surface area contributed by atoms with E-state index in [9.17, 15) is 9.59 Å². The lowest BCUT2D eigenvalue weighted by Crippen LogP contribution is -2.12. The van der Waals surface area contributed by atoms with Gasteiger partial charge in [-0.05, 0) is 19.1 Å². The number of hydrogen-bond donors (Lipinski definition) is 1. The van der Waals surface area contributed by atoms with Crippen LogP contribution >= 0.6 is 34.7 Å². The highest BCUT2D eigenvalue weighted by molar-refractivity contribution is 7.99. The quantitative estimate of drug-likeness (QED) is 0.549. The van der Waals surface area contributed by atoms with Crippen LogP contribution in [0.1, 0.15) is 19.0 Å². The van der Waals surface area contributed by atoms with Gasteiger partial charge in [-0.25, -0.2) is 4.98 Å². The minimum absolute atomic E-state index is 0.114. The fourth-order valence-electron chi connectivity index (χ4n) is 1.80. The molecule has 8 heteroatoms. The van der Waals surface area contributed by atoms with Crippen molar-refractivity contribution in [3.63, 3.8) is 0 Å². The molecule has 24 heavy (non-hydrogen) atoms. The molecule has 0 aliphatic rings. The number of aromatic nitrogens is 1. The van der Waals surface area contributed by atoms with E-state index >= 15 is 0 Å². The van der Waals surface area contributed by atoms with Crippen molar-refractivity contribution < 1.29 is 14.3 Å². The number of carbonyl (C=O) groups excluding carboxylic acids is 2. The predicted octanol–water partition coefficient (Wildman–Crippen LogP) is 4.02. The molecular formula is C16H17ClN2O3S2. The Hall–Kier alpha value is -1.57. The number of carbonyl (C=O) groups is 2. The van der Waals surface area contributed by atoms with Gasteiger partial charge in [-0.2, -0.15) is 0 Å². The van der Waals surface area contributed by atoms with E-state index in [2.05, 4.69) is 10.3 Å². The molecule has 1 aromatic heterocycles. The summed E-state index contributed by atoms with van der Waals surface area (Å²) in [6.07, 6.45) is 0.464. The van der Waals surface area contributed by atoms with Crippen LogP contribution in [0, 0.1) is 0 Å². The van der Waals surface area contributed by atoms with Crippen molar-refractivity contribution >= 4 is 51.7 Å². The largest absolute Gasteiger partial charge is 0.466 e. The first kappa shape index (κ1) is 18.8. The smallest absolute Gasteiger partial charge is 0.311 e. The zero-order valence-electron chi connectivity index (χ0n) is 13.1. The summed E-state index contributed by atoms with van der Waals surface area (Å²) >= 11 is 8.89. The third-order valence-electron chi connectivity index (χ3n) is 2.85. The van der Waals surface area contributed by atoms with Crippen molar-refractivity contribution in [2.45, 2.75) is 24.7 Å². The van der Waals surface area contributed by atoms with Gasteiger partial charge in [-0.15, -0.1) is 23.1 Å². The number of anilines is 1. The lowest BCUT2D eigenvalue weighted by atomic mass is 10.3. The summed E-state index contributed by atoms with van der Waals surface area (Å²) in [5, 5.41) is 5.65. The molecule has 1 aromatic carbocycles. The second kappa shape index (κ2) is 9.66. The van der Waals surface area contributed by atoms with Gasteiger partial charge in [0, 0.05) is 22.4 Å². The van der Waals surface area contributed by atoms with E-state index in [1.807, 2.05) is 24.3 Å². The maximum Gasteiger partial charge on any atom is 0.311 e. The maximum absolute atomic E-state index is 11.9. The Morgan fingerprint density at radius 2 is 2.17 bits per heavy atom. The Morgan fingerprint density at radius 3 is 2.92 bits per heavy atom. The third kappa shape index (κ3) is 6.14. The summed E-state index contributed by atoms with van der Waals surface area (Å²) in [4.78, 5) is 28.5. The van der Waals surface area contributed by atoms with Crippen LogP contribution in [0.2, 0.25) is 5.02 Å². The predicted molar refractivity (Wildman–Crippen MR) is 97.9 cm³/mol. The van der Waals surface area contributed by atoms with Crippen LogP contribution in [0.4, 0.5) is 5.13 Å². The van der Waals surface area contributed by atoms with Crippen LogP contribution in [0.5, 0.6) is 0 Å². The van der Waals surface area contributed by atoms with E-state index in [0.717, 1.165) is 4.90 Å². The van der Waals surface area contributed by atoms with E-state index in [0.29, 0.717) is 34.6 Å². The molecule has 0 unspecified atom stereocenters. The first-order chi connectivity index (χ1) is 11.6. The summed E-state index contributed by atoms with van der Waals surface area (Å²) in [6.45, 7) is 2.10. The molecule has 0 aliphatic carbocycles. The van der Waals surface area contributed by atoms with Gasteiger partial charge < -0.3 is 10.1 Å². The number of amides is 1. The first-order valence-electron chi connectivity index (χ1n) is 7.35. The number of benzene rings is 1. The molecule has 1 heterocycles. The van der Waals surface area contributed by atoms with Crippen molar-refractivity contribution in [2.75, 3.05) is 17.7 Å². The number of ether oxygens (including phenoxy) is 1. The summed E-state index contributed by atoms with van der Waals surface area (Å²) in [7, 11) is 0. The Labute approximate surface area is 153 Å². The molecule has 0 atom stereocenters. The Kier molecular flexibility index (Phi) is 7.55. The summed E-state index contributed by atoms with van der Waals surface area (Å²) < 4.78 is 4.87. The molecular weight excluding hydrogens is 368 g/mol. The molecule has 0 fully saturated rings. The van der Waals surface area contributed by atoms with E-state index in [1.165, 1.54) is 23.1 Å². The van der Waals surface area contributed by atoms with Crippen molar-refractivity contribution in [2.24, 2.45) is 0 Å². The molecule has 0 radical (unpaired) electrons. The summed E-state index contributed by atoms with van der Waals surface area (Å²) in [5.41, 5.74) is 0.596. The molecule has 1 N–H and O–H groups in total. The fraction of sp³-hybridized carbons (Fsp3) is 0.312. The van der Waals surface area contributed by atoms with E-state index in [4.69, 9.17) is 16.3 Å². The second-order valence-corrected chi connectivity index (χ2v) is 7.10. The molecule has 128 valence electrons. The number of rotatable bonds is 8. The van der Waals surface area contributed by atoms with Crippen LogP contribution in [-0.2, 0) is 20.7 Å². The fourth-order valence-corrected chi connectivity index (χ4v) is 3.72. The monoisotopic (exact) mass is 384 g/mol. The number of hydrogen-bond acceptors (Lipinski definition) is 6. The molecule has 0 aliphatic heterocycles. The van der Waals surface area contributed by atoms with Gasteiger partial charge in [0.1, 0.15) is 0 Å². The number of esters is 1. The highest BCUT2D eigenvalue weighted by Gasteiger charge is 2.10.